The largest absolute Gasteiger partial charge is 0.497 e. The molecule has 0 aromatic heterocycles. The molecule has 2 saturated heterocycles. The summed E-state index contributed by atoms with van der Waals surface area (Å²) in [5.41, 5.74) is 1.52. The third-order valence-corrected chi connectivity index (χ3v) is 7.01. The van der Waals surface area contributed by atoms with E-state index in [9.17, 15) is 9.59 Å². The molecule has 3 amide bonds. The number of imide groups is 1. The fourth-order valence-corrected chi connectivity index (χ4v) is 5.22. The number of likely N-dealkylation sites (tertiary alicyclic amines) is 1. The lowest BCUT2D eigenvalue weighted by Crippen LogP contribution is -2.56. The maximum absolute atomic E-state index is 12.9. The Bertz CT molecular complexity index is 973. The van der Waals surface area contributed by atoms with Crippen LogP contribution in [-0.2, 0) is 17.8 Å². The Kier molecular flexibility index (Phi) is 7.18. The number of methoxy groups -OCH3 is 2. The van der Waals surface area contributed by atoms with Crippen molar-refractivity contribution < 1.29 is 19.1 Å². The molecule has 0 spiro atoms. The minimum atomic E-state index is -0.814. The molecule has 0 aliphatic carbocycles. The van der Waals surface area contributed by atoms with E-state index in [0.717, 1.165) is 62.4 Å². The molecule has 0 radical (unpaired) electrons. The van der Waals surface area contributed by atoms with Gasteiger partial charge >= 0.3 is 6.03 Å². The fourth-order valence-electron chi connectivity index (χ4n) is 5.22. The zero-order valence-corrected chi connectivity index (χ0v) is 19.4. The van der Waals surface area contributed by atoms with Gasteiger partial charge in [-0.25, -0.2) is 4.79 Å². The van der Waals surface area contributed by atoms with Crippen LogP contribution in [0.15, 0.2) is 48.5 Å². The molecule has 2 aliphatic heterocycles. The highest BCUT2D eigenvalue weighted by atomic mass is 16.5. The van der Waals surface area contributed by atoms with Gasteiger partial charge in [0.2, 0.25) is 0 Å². The van der Waals surface area contributed by atoms with Crippen LogP contribution in [-0.4, -0.2) is 49.7 Å². The van der Waals surface area contributed by atoms with Crippen molar-refractivity contribution in [2.24, 2.45) is 5.92 Å². The summed E-state index contributed by atoms with van der Waals surface area (Å²) in [6.07, 6.45) is 4.09. The zero-order valence-electron chi connectivity index (χ0n) is 19.4. The van der Waals surface area contributed by atoms with E-state index in [0.29, 0.717) is 6.42 Å². The summed E-state index contributed by atoms with van der Waals surface area (Å²) in [4.78, 5) is 27.4. The molecule has 0 bridgehead atoms. The number of piperidine rings is 1. The quantitative estimate of drug-likeness (QED) is 0.571. The van der Waals surface area contributed by atoms with Gasteiger partial charge in [0.1, 0.15) is 17.0 Å². The standard InChI is InChI=1S/C26H33N3O4/c1-32-22-10-11-23(33-2)20(17-22)18-29-15-12-21(13-16-29)26(24(30)27-25(31)28-26)14-6-9-19-7-4-3-5-8-19/h3-5,7-8,10-11,17,21H,6,9,12-16,18H2,1-2H3,(H2,27,28,30,31)/t26-/m1/s1. The number of urea groups is 1. The summed E-state index contributed by atoms with van der Waals surface area (Å²) in [5, 5.41) is 5.52. The van der Waals surface area contributed by atoms with Crippen LogP contribution in [0.4, 0.5) is 4.79 Å². The highest BCUT2D eigenvalue weighted by molar-refractivity contribution is 6.07. The Morgan fingerprint density at radius 3 is 2.42 bits per heavy atom. The van der Waals surface area contributed by atoms with Crippen molar-refractivity contribution in [1.82, 2.24) is 15.5 Å². The number of carbonyl (C=O) groups is 2. The molecule has 0 unspecified atom stereocenters. The van der Waals surface area contributed by atoms with Gasteiger partial charge in [-0.15, -0.1) is 0 Å². The Hall–Kier alpha value is -3.06. The number of rotatable bonds is 9. The van der Waals surface area contributed by atoms with Crippen LogP contribution in [0, 0.1) is 5.92 Å². The van der Waals surface area contributed by atoms with E-state index < -0.39 is 5.54 Å². The molecule has 2 fully saturated rings. The molecule has 2 N–H and O–H groups in total. The van der Waals surface area contributed by atoms with Crippen LogP contribution in [0.3, 0.4) is 0 Å². The van der Waals surface area contributed by atoms with Crippen molar-refractivity contribution in [3.8, 4) is 11.5 Å². The van der Waals surface area contributed by atoms with Crippen LogP contribution in [0.25, 0.3) is 0 Å². The van der Waals surface area contributed by atoms with Gasteiger partial charge in [0.25, 0.3) is 5.91 Å². The van der Waals surface area contributed by atoms with Gasteiger partial charge in [-0.3, -0.25) is 15.0 Å². The van der Waals surface area contributed by atoms with E-state index in [1.807, 2.05) is 36.4 Å². The molecular weight excluding hydrogens is 418 g/mol. The third kappa shape index (κ3) is 5.14. The number of amides is 3. The topological polar surface area (TPSA) is 79.9 Å². The van der Waals surface area contributed by atoms with Crippen molar-refractivity contribution in [1.29, 1.82) is 0 Å². The van der Waals surface area contributed by atoms with Gasteiger partial charge < -0.3 is 14.8 Å². The monoisotopic (exact) mass is 451 g/mol. The molecule has 2 aromatic carbocycles. The van der Waals surface area contributed by atoms with Gasteiger partial charge in [-0.1, -0.05) is 30.3 Å². The third-order valence-electron chi connectivity index (χ3n) is 7.01. The summed E-state index contributed by atoms with van der Waals surface area (Å²) in [6, 6.07) is 15.7. The minimum absolute atomic E-state index is 0.114. The normalized spacial score (nSPS) is 21.5. The highest BCUT2D eigenvalue weighted by Crippen LogP contribution is 2.36. The van der Waals surface area contributed by atoms with Crippen molar-refractivity contribution in [3.05, 3.63) is 59.7 Å². The van der Waals surface area contributed by atoms with Crippen molar-refractivity contribution in [2.45, 2.75) is 44.2 Å². The van der Waals surface area contributed by atoms with Gasteiger partial charge in [0, 0.05) is 12.1 Å². The van der Waals surface area contributed by atoms with Crippen molar-refractivity contribution >= 4 is 11.9 Å². The lowest BCUT2D eigenvalue weighted by molar-refractivity contribution is -0.127. The lowest BCUT2D eigenvalue weighted by atomic mass is 9.74. The average Bonchev–Trinajstić information content (AvgIpc) is 3.13. The van der Waals surface area contributed by atoms with Gasteiger partial charge in [0.15, 0.2) is 0 Å². The average molecular weight is 452 g/mol. The summed E-state index contributed by atoms with van der Waals surface area (Å²) in [6.45, 7) is 2.47. The predicted octanol–water partition coefficient (Wildman–Crippen LogP) is 3.52. The Morgan fingerprint density at radius 2 is 1.79 bits per heavy atom. The maximum atomic E-state index is 12.9. The molecule has 2 heterocycles. The van der Waals surface area contributed by atoms with Crippen LogP contribution < -0.4 is 20.1 Å². The van der Waals surface area contributed by atoms with Crippen molar-refractivity contribution in [2.75, 3.05) is 27.3 Å². The molecule has 7 nitrogen and oxygen atoms in total. The summed E-state index contributed by atoms with van der Waals surface area (Å²) in [5.74, 6) is 1.60. The second kappa shape index (κ2) is 10.3. The highest BCUT2D eigenvalue weighted by Gasteiger charge is 2.51. The second-order valence-electron chi connectivity index (χ2n) is 8.95. The van der Waals surface area contributed by atoms with Gasteiger partial charge in [0.05, 0.1) is 14.2 Å². The Labute approximate surface area is 195 Å². The summed E-state index contributed by atoms with van der Waals surface area (Å²) in [7, 11) is 3.34. The molecule has 33 heavy (non-hydrogen) atoms. The number of carbonyl (C=O) groups excluding carboxylic acids is 2. The second-order valence-corrected chi connectivity index (χ2v) is 8.95. The van der Waals surface area contributed by atoms with Crippen LogP contribution in [0.5, 0.6) is 11.5 Å². The first-order valence-corrected chi connectivity index (χ1v) is 11.6. The number of hydrogen-bond donors (Lipinski definition) is 2. The van der Waals surface area contributed by atoms with E-state index in [-0.39, 0.29) is 17.9 Å². The van der Waals surface area contributed by atoms with Crippen LogP contribution in [0.1, 0.15) is 36.8 Å². The number of nitrogens with zero attached hydrogens (tertiary/aromatic N) is 1. The molecule has 0 saturated carbocycles. The number of aryl methyl sites for hydroxylation is 1. The van der Waals surface area contributed by atoms with E-state index in [4.69, 9.17) is 9.47 Å². The molecule has 2 aromatic rings. The number of hydrogen-bond acceptors (Lipinski definition) is 5. The molecular formula is C26H33N3O4. The Morgan fingerprint density at radius 1 is 1.03 bits per heavy atom. The molecule has 7 heteroatoms. The summed E-state index contributed by atoms with van der Waals surface area (Å²) < 4.78 is 10.9. The lowest BCUT2D eigenvalue weighted by Gasteiger charge is -2.41. The molecule has 176 valence electrons. The zero-order chi connectivity index (χ0) is 23.3. The summed E-state index contributed by atoms with van der Waals surface area (Å²) >= 11 is 0. The molecule has 4 rings (SSSR count). The minimum Gasteiger partial charge on any atom is -0.497 e. The van der Waals surface area contributed by atoms with E-state index in [2.05, 4.69) is 27.7 Å². The first kappa shape index (κ1) is 23.1. The molecule has 2 aliphatic rings. The number of ether oxygens (including phenoxy) is 2. The van der Waals surface area contributed by atoms with E-state index in [1.54, 1.807) is 14.2 Å². The Balaban J connectivity index is 1.40. The van der Waals surface area contributed by atoms with E-state index >= 15 is 0 Å². The first-order valence-electron chi connectivity index (χ1n) is 11.6. The smallest absolute Gasteiger partial charge is 0.322 e. The van der Waals surface area contributed by atoms with Crippen LogP contribution in [0.2, 0.25) is 0 Å². The predicted molar refractivity (Wildman–Crippen MR) is 126 cm³/mol. The fraction of sp³-hybridized carbons (Fsp3) is 0.462. The first-order chi connectivity index (χ1) is 16.0. The van der Waals surface area contributed by atoms with Crippen LogP contribution >= 0.6 is 0 Å². The molecule has 1 atom stereocenters. The number of nitrogens with one attached hydrogen (secondary N) is 2. The maximum Gasteiger partial charge on any atom is 0.322 e. The number of benzene rings is 2. The SMILES string of the molecule is COc1ccc(OC)c(CN2CCC([C@@]3(CCCc4ccccc4)NC(=O)NC3=O)CC2)c1. The van der Waals surface area contributed by atoms with Gasteiger partial charge in [-0.2, -0.15) is 0 Å². The van der Waals surface area contributed by atoms with Gasteiger partial charge in [-0.05, 0) is 74.9 Å². The van der Waals surface area contributed by atoms with Crippen molar-refractivity contribution in [3.63, 3.8) is 0 Å². The van der Waals surface area contributed by atoms with E-state index in [1.165, 1.54) is 5.56 Å².